The van der Waals surface area contributed by atoms with Crippen LogP contribution < -0.4 is 4.74 Å². The number of halogens is 1. The first kappa shape index (κ1) is 14.2. The average Bonchev–Trinajstić information content (AvgIpc) is 2.31. The minimum Gasteiger partial charge on any atom is -0.483 e. The number of carboxylic acid groups (broad SMARTS) is 1. The summed E-state index contributed by atoms with van der Waals surface area (Å²) in [6.07, 6.45) is 0.437. The lowest BCUT2D eigenvalue weighted by Crippen LogP contribution is -2.19. The van der Waals surface area contributed by atoms with Crippen molar-refractivity contribution < 1.29 is 19.7 Å². The SMILES string of the molecule is O=C(O)[C@H](O)CCCc1ccc(OCI)cc1. The molecule has 1 atom stereocenters. The van der Waals surface area contributed by atoms with Crippen LogP contribution in [0.15, 0.2) is 24.3 Å². The van der Waals surface area contributed by atoms with Crippen molar-refractivity contribution in [1.82, 2.24) is 0 Å². The molecule has 0 amide bonds. The lowest BCUT2D eigenvalue weighted by atomic mass is 10.1. The third-order valence-electron chi connectivity index (χ3n) is 2.37. The molecule has 1 rings (SSSR count). The number of alkyl halides is 1. The van der Waals surface area contributed by atoms with E-state index < -0.39 is 12.1 Å². The van der Waals surface area contributed by atoms with Crippen molar-refractivity contribution in [3.8, 4) is 5.75 Å². The highest BCUT2D eigenvalue weighted by Gasteiger charge is 2.11. The molecule has 0 bridgehead atoms. The number of rotatable bonds is 7. The summed E-state index contributed by atoms with van der Waals surface area (Å²) in [5.41, 5.74) is 1.11. The van der Waals surface area contributed by atoms with Crippen molar-refractivity contribution in [2.45, 2.75) is 25.4 Å². The van der Waals surface area contributed by atoms with E-state index in [0.717, 1.165) is 17.7 Å². The first-order valence-electron chi connectivity index (χ1n) is 5.32. The Hall–Kier alpha value is -0.820. The van der Waals surface area contributed by atoms with E-state index in [0.29, 0.717) is 11.0 Å². The largest absolute Gasteiger partial charge is 0.483 e. The fourth-order valence-electron chi connectivity index (χ4n) is 1.44. The standard InChI is InChI=1S/C12H15IO4/c13-8-17-10-6-4-9(5-7-10)2-1-3-11(14)12(15)16/h4-7,11,14H,1-3,8H2,(H,15,16)/t11-/m1/s1. The van der Waals surface area contributed by atoms with Crippen LogP contribution in [0.2, 0.25) is 0 Å². The number of aliphatic hydroxyl groups excluding tert-OH is 1. The zero-order valence-corrected chi connectivity index (χ0v) is 11.5. The lowest BCUT2D eigenvalue weighted by molar-refractivity contribution is -0.146. The number of aliphatic hydroxyl groups is 1. The fourth-order valence-corrected chi connectivity index (χ4v) is 1.80. The van der Waals surface area contributed by atoms with E-state index in [9.17, 15) is 4.79 Å². The summed E-state index contributed by atoms with van der Waals surface area (Å²) in [6.45, 7) is 0. The molecule has 0 aromatic heterocycles. The number of aryl methyl sites for hydroxylation is 1. The van der Waals surface area contributed by atoms with Crippen LogP contribution in [0.4, 0.5) is 0 Å². The van der Waals surface area contributed by atoms with Crippen molar-refractivity contribution in [3.05, 3.63) is 29.8 Å². The molecule has 0 fully saturated rings. The van der Waals surface area contributed by atoms with Crippen LogP contribution in [0.5, 0.6) is 5.75 Å². The first-order valence-corrected chi connectivity index (χ1v) is 6.84. The average molecular weight is 350 g/mol. The van der Waals surface area contributed by atoms with E-state index in [1.807, 2.05) is 24.3 Å². The van der Waals surface area contributed by atoms with E-state index in [2.05, 4.69) is 22.6 Å². The Morgan fingerprint density at radius 2 is 2.00 bits per heavy atom. The Labute approximate surface area is 114 Å². The summed E-state index contributed by atoms with van der Waals surface area (Å²) < 4.78 is 5.92. The van der Waals surface area contributed by atoms with Crippen LogP contribution in [0, 0.1) is 0 Å². The van der Waals surface area contributed by atoms with Gasteiger partial charge in [-0.05, 0) is 59.5 Å². The molecule has 17 heavy (non-hydrogen) atoms. The minimum absolute atomic E-state index is 0.279. The van der Waals surface area contributed by atoms with Gasteiger partial charge >= 0.3 is 5.97 Å². The van der Waals surface area contributed by atoms with Crippen LogP contribution in [-0.2, 0) is 11.2 Å². The van der Waals surface area contributed by atoms with Crippen molar-refractivity contribution >= 4 is 28.6 Å². The molecule has 0 saturated carbocycles. The highest BCUT2D eigenvalue weighted by Crippen LogP contribution is 2.14. The van der Waals surface area contributed by atoms with Gasteiger partial charge in [0.25, 0.3) is 0 Å². The van der Waals surface area contributed by atoms with Crippen molar-refractivity contribution in [1.29, 1.82) is 0 Å². The monoisotopic (exact) mass is 350 g/mol. The van der Waals surface area contributed by atoms with E-state index in [1.54, 1.807) is 0 Å². The van der Waals surface area contributed by atoms with Gasteiger partial charge in [0.05, 0.1) is 0 Å². The third-order valence-corrected chi connectivity index (χ3v) is 2.68. The van der Waals surface area contributed by atoms with Gasteiger partial charge in [-0.3, -0.25) is 0 Å². The zero-order valence-electron chi connectivity index (χ0n) is 9.30. The first-order chi connectivity index (χ1) is 8.13. The van der Waals surface area contributed by atoms with Crippen molar-refractivity contribution in [2.75, 3.05) is 4.61 Å². The second kappa shape index (κ2) is 7.50. The molecule has 2 N–H and O–H groups in total. The summed E-state index contributed by atoms with van der Waals surface area (Å²) in [5, 5.41) is 17.6. The van der Waals surface area contributed by atoms with Crippen LogP contribution in [-0.4, -0.2) is 26.9 Å². The number of aliphatic carboxylic acids is 1. The molecular formula is C12H15IO4. The Kier molecular flexibility index (Phi) is 6.28. The summed E-state index contributed by atoms with van der Waals surface area (Å²) in [5.74, 6) is -0.329. The topological polar surface area (TPSA) is 66.8 Å². The lowest BCUT2D eigenvalue weighted by Gasteiger charge is -2.06. The van der Waals surface area contributed by atoms with E-state index >= 15 is 0 Å². The molecule has 5 heteroatoms. The Morgan fingerprint density at radius 3 is 2.53 bits per heavy atom. The van der Waals surface area contributed by atoms with Gasteiger partial charge in [0.15, 0.2) is 6.10 Å². The predicted molar refractivity (Wildman–Crippen MR) is 72.5 cm³/mol. The summed E-state index contributed by atoms with van der Waals surface area (Å²) in [6, 6.07) is 7.69. The molecule has 0 radical (unpaired) electrons. The molecule has 0 aliphatic heterocycles. The zero-order chi connectivity index (χ0) is 12.7. The summed E-state index contributed by atoms with van der Waals surface area (Å²) in [7, 11) is 0. The molecule has 0 aliphatic carbocycles. The van der Waals surface area contributed by atoms with Gasteiger partial charge in [0.1, 0.15) is 10.4 Å². The van der Waals surface area contributed by atoms with Crippen LogP contribution in [0.25, 0.3) is 0 Å². The second-order valence-corrected chi connectivity index (χ2v) is 4.27. The number of hydrogen-bond donors (Lipinski definition) is 2. The van der Waals surface area contributed by atoms with Crippen molar-refractivity contribution in [3.63, 3.8) is 0 Å². The predicted octanol–water partition coefficient (Wildman–Crippen LogP) is 2.23. The number of carbonyl (C=O) groups is 1. The van der Waals surface area contributed by atoms with Gasteiger partial charge in [-0.15, -0.1) is 0 Å². The highest BCUT2D eigenvalue weighted by molar-refractivity contribution is 14.1. The number of benzene rings is 1. The second-order valence-electron chi connectivity index (χ2n) is 3.64. The minimum atomic E-state index is -1.25. The molecule has 0 unspecified atom stereocenters. The van der Waals surface area contributed by atoms with Gasteiger partial charge in [-0.2, -0.15) is 0 Å². The maximum absolute atomic E-state index is 10.4. The van der Waals surface area contributed by atoms with E-state index in [-0.39, 0.29) is 6.42 Å². The van der Waals surface area contributed by atoms with Crippen LogP contribution in [0.3, 0.4) is 0 Å². The molecule has 0 saturated heterocycles. The number of ether oxygens (including phenoxy) is 1. The smallest absolute Gasteiger partial charge is 0.332 e. The number of hydrogen-bond acceptors (Lipinski definition) is 3. The summed E-state index contributed by atoms with van der Waals surface area (Å²) in [4.78, 5) is 10.4. The van der Waals surface area contributed by atoms with Gasteiger partial charge < -0.3 is 14.9 Å². The molecule has 94 valence electrons. The maximum Gasteiger partial charge on any atom is 0.332 e. The maximum atomic E-state index is 10.4. The van der Waals surface area contributed by atoms with Gasteiger partial charge in [-0.25, -0.2) is 4.79 Å². The fraction of sp³-hybridized carbons (Fsp3) is 0.417. The molecule has 1 aromatic rings. The quantitative estimate of drug-likeness (QED) is 0.585. The van der Waals surface area contributed by atoms with Gasteiger partial charge in [0, 0.05) is 0 Å². The highest BCUT2D eigenvalue weighted by atomic mass is 127. The van der Waals surface area contributed by atoms with Crippen LogP contribution >= 0.6 is 22.6 Å². The molecular weight excluding hydrogens is 335 g/mol. The number of carboxylic acids is 1. The van der Waals surface area contributed by atoms with Gasteiger partial charge in [0.2, 0.25) is 0 Å². The van der Waals surface area contributed by atoms with Gasteiger partial charge in [-0.1, -0.05) is 12.1 Å². The normalized spacial score (nSPS) is 12.1. The molecule has 0 heterocycles. The molecule has 0 aliphatic rings. The van der Waals surface area contributed by atoms with Crippen LogP contribution in [0.1, 0.15) is 18.4 Å². The Morgan fingerprint density at radius 1 is 1.35 bits per heavy atom. The molecule has 0 spiro atoms. The van der Waals surface area contributed by atoms with Crippen molar-refractivity contribution in [2.24, 2.45) is 0 Å². The van der Waals surface area contributed by atoms with E-state index in [1.165, 1.54) is 0 Å². The molecule has 1 aromatic carbocycles. The Bertz CT molecular complexity index is 350. The third kappa shape index (κ3) is 5.36. The van der Waals surface area contributed by atoms with E-state index in [4.69, 9.17) is 14.9 Å². The summed E-state index contributed by atoms with van der Waals surface area (Å²) >= 11 is 2.13. The Balaban J connectivity index is 2.34. The molecule has 4 nitrogen and oxygen atoms in total.